The molecule has 0 bridgehead atoms. The van der Waals surface area contributed by atoms with E-state index in [4.69, 9.17) is 23.2 Å². The first kappa shape index (κ1) is 22.3. The number of rotatable bonds is 4. The number of hydrazone groups is 1. The summed E-state index contributed by atoms with van der Waals surface area (Å²) in [5, 5.41) is 18.0. The number of amides is 1. The summed E-state index contributed by atoms with van der Waals surface area (Å²) in [5.74, 6) is -0.341. The van der Waals surface area contributed by atoms with Crippen LogP contribution in [0.25, 0.3) is 6.08 Å². The van der Waals surface area contributed by atoms with Gasteiger partial charge >= 0.3 is 0 Å². The second kappa shape index (κ2) is 8.90. The van der Waals surface area contributed by atoms with Gasteiger partial charge in [-0.25, -0.2) is 0 Å². The number of benzene rings is 2. The highest BCUT2D eigenvalue weighted by Crippen LogP contribution is 2.33. The molecular weight excluding hydrogens is 453 g/mol. The fourth-order valence-corrected chi connectivity index (χ4v) is 4.03. The van der Waals surface area contributed by atoms with Crippen LogP contribution in [0.5, 0.6) is 0 Å². The number of piperazine rings is 1. The molecule has 0 spiro atoms. The highest BCUT2D eigenvalue weighted by Gasteiger charge is 2.30. The SMILES string of the molecule is CC1=NN(c2ccc(Cl)c(Cl)c2)C(=O)C1=Cc1ccc(N2CCN(C)CC2)c([N+](=O)[O-])c1. The van der Waals surface area contributed by atoms with Gasteiger partial charge in [0.25, 0.3) is 11.6 Å². The zero-order chi connectivity index (χ0) is 23.0. The number of hydrogen-bond donors (Lipinski definition) is 0. The third-order valence-electron chi connectivity index (χ3n) is 5.56. The van der Waals surface area contributed by atoms with Crippen LogP contribution >= 0.6 is 23.2 Å². The zero-order valence-electron chi connectivity index (χ0n) is 17.6. The van der Waals surface area contributed by atoms with Crippen molar-refractivity contribution in [1.29, 1.82) is 0 Å². The number of nitro benzene ring substituents is 1. The number of halogens is 2. The van der Waals surface area contributed by atoms with Gasteiger partial charge in [-0.05, 0) is 49.9 Å². The minimum atomic E-state index is -0.380. The Morgan fingerprint density at radius 2 is 1.78 bits per heavy atom. The molecule has 10 heteroatoms. The van der Waals surface area contributed by atoms with E-state index in [-0.39, 0.29) is 16.5 Å². The molecule has 4 rings (SSSR count). The molecule has 0 saturated carbocycles. The van der Waals surface area contributed by atoms with Gasteiger partial charge in [-0.1, -0.05) is 29.3 Å². The number of hydrogen-bond acceptors (Lipinski definition) is 6. The molecule has 0 aliphatic carbocycles. The topological polar surface area (TPSA) is 82.3 Å². The Hall–Kier alpha value is -2.94. The second-order valence-electron chi connectivity index (χ2n) is 7.75. The van der Waals surface area contributed by atoms with Crippen molar-refractivity contribution in [2.75, 3.05) is 43.1 Å². The van der Waals surface area contributed by atoms with Crippen molar-refractivity contribution >= 4 is 58.0 Å². The van der Waals surface area contributed by atoms with E-state index in [9.17, 15) is 14.9 Å². The fourth-order valence-electron chi connectivity index (χ4n) is 3.73. The van der Waals surface area contributed by atoms with Crippen molar-refractivity contribution in [2.24, 2.45) is 5.10 Å². The summed E-state index contributed by atoms with van der Waals surface area (Å²) in [6, 6.07) is 9.86. The van der Waals surface area contributed by atoms with E-state index in [2.05, 4.69) is 10.0 Å². The Morgan fingerprint density at radius 3 is 2.44 bits per heavy atom. The van der Waals surface area contributed by atoms with Crippen molar-refractivity contribution in [3.8, 4) is 0 Å². The highest BCUT2D eigenvalue weighted by molar-refractivity contribution is 6.42. The van der Waals surface area contributed by atoms with Gasteiger partial charge < -0.3 is 9.80 Å². The lowest BCUT2D eigenvalue weighted by Crippen LogP contribution is -2.44. The molecule has 0 radical (unpaired) electrons. The van der Waals surface area contributed by atoms with Gasteiger partial charge in [-0.2, -0.15) is 10.1 Å². The predicted molar refractivity (Wildman–Crippen MR) is 128 cm³/mol. The van der Waals surface area contributed by atoms with E-state index in [0.29, 0.717) is 38.3 Å². The minimum Gasteiger partial charge on any atom is -0.363 e. The lowest BCUT2D eigenvalue weighted by molar-refractivity contribution is -0.384. The molecule has 2 aliphatic rings. The van der Waals surface area contributed by atoms with E-state index >= 15 is 0 Å². The molecular formula is C22H21Cl2N5O3. The molecule has 1 saturated heterocycles. The van der Waals surface area contributed by atoms with Crippen LogP contribution in [-0.2, 0) is 4.79 Å². The Balaban J connectivity index is 1.64. The van der Waals surface area contributed by atoms with Gasteiger partial charge in [-0.15, -0.1) is 0 Å². The van der Waals surface area contributed by atoms with E-state index < -0.39 is 0 Å². The predicted octanol–water partition coefficient (Wildman–Crippen LogP) is 4.46. The van der Waals surface area contributed by atoms with Crippen LogP contribution < -0.4 is 9.91 Å². The molecule has 0 unspecified atom stereocenters. The van der Waals surface area contributed by atoms with Gasteiger partial charge in [0.05, 0.1) is 31.9 Å². The summed E-state index contributed by atoms with van der Waals surface area (Å²) in [4.78, 5) is 28.6. The van der Waals surface area contributed by atoms with Crippen LogP contribution in [0.15, 0.2) is 47.1 Å². The highest BCUT2D eigenvalue weighted by atomic mass is 35.5. The molecule has 8 nitrogen and oxygen atoms in total. The second-order valence-corrected chi connectivity index (χ2v) is 8.57. The van der Waals surface area contributed by atoms with E-state index in [0.717, 1.165) is 26.2 Å². The van der Waals surface area contributed by atoms with Crippen LogP contribution in [0, 0.1) is 10.1 Å². The maximum atomic E-state index is 13.0. The molecule has 0 aromatic heterocycles. The zero-order valence-corrected chi connectivity index (χ0v) is 19.1. The Bertz CT molecular complexity index is 1160. The average Bonchev–Trinajstić information content (AvgIpc) is 3.04. The van der Waals surface area contributed by atoms with E-state index in [1.54, 1.807) is 43.3 Å². The average molecular weight is 474 g/mol. The third kappa shape index (κ3) is 4.34. The summed E-state index contributed by atoms with van der Waals surface area (Å²) in [7, 11) is 2.03. The summed E-state index contributed by atoms with van der Waals surface area (Å²) < 4.78 is 0. The van der Waals surface area contributed by atoms with Crippen molar-refractivity contribution in [3.63, 3.8) is 0 Å². The van der Waals surface area contributed by atoms with Crippen LogP contribution in [0.1, 0.15) is 12.5 Å². The van der Waals surface area contributed by atoms with Crippen molar-refractivity contribution < 1.29 is 9.72 Å². The Morgan fingerprint density at radius 1 is 1.06 bits per heavy atom. The van der Waals surface area contributed by atoms with Crippen molar-refractivity contribution in [2.45, 2.75) is 6.92 Å². The molecule has 2 aromatic carbocycles. The quantitative estimate of drug-likeness (QED) is 0.371. The Labute approximate surface area is 195 Å². The molecule has 1 fully saturated rings. The standard InChI is InChI=1S/C22H21Cl2N5O3/c1-14-17(22(30)28(25-14)16-4-5-18(23)19(24)13-16)11-15-3-6-20(21(12-15)29(31)32)27-9-7-26(2)8-10-27/h3-6,11-13H,7-10H2,1-2H3. The van der Waals surface area contributed by atoms with Gasteiger partial charge in [0, 0.05) is 32.2 Å². The molecule has 0 atom stereocenters. The smallest absolute Gasteiger partial charge is 0.293 e. The summed E-state index contributed by atoms with van der Waals surface area (Å²) in [6.45, 7) is 4.85. The fraction of sp³-hybridized carbons (Fsp3) is 0.273. The third-order valence-corrected chi connectivity index (χ3v) is 6.30. The van der Waals surface area contributed by atoms with Gasteiger partial charge in [0.15, 0.2) is 0 Å². The van der Waals surface area contributed by atoms with Crippen LogP contribution in [-0.4, -0.2) is 54.7 Å². The molecule has 1 amide bonds. The molecule has 32 heavy (non-hydrogen) atoms. The van der Waals surface area contributed by atoms with Crippen LogP contribution in [0.2, 0.25) is 10.0 Å². The maximum absolute atomic E-state index is 13.0. The monoisotopic (exact) mass is 473 g/mol. The lowest BCUT2D eigenvalue weighted by Gasteiger charge is -2.33. The first-order valence-corrected chi connectivity index (χ1v) is 10.8. The normalized spacial score (nSPS) is 18.4. The van der Waals surface area contributed by atoms with Gasteiger partial charge in [0.1, 0.15) is 5.69 Å². The first-order valence-electron chi connectivity index (χ1n) is 10.0. The lowest BCUT2D eigenvalue weighted by atomic mass is 10.1. The minimum absolute atomic E-state index is 0.0188. The number of carbonyl (C=O) groups excluding carboxylic acids is 1. The number of carbonyl (C=O) groups is 1. The summed E-state index contributed by atoms with van der Waals surface area (Å²) >= 11 is 12.0. The first-order chi connectivity index (χ1) is 15.2. The molecule has 166 valence electrons. The summed E-state index contributed by atoms with van der Waals surface area (Å²) in [6.07, 6.45) is 1.62. The van der Waals surface area contributed by atoms with Crippen LogP contribution in [0.3, 0.4) is 0 Å². The molecule has 2 heterocycles. The van der Waals surface area contributed by atoms with Crippen molar-refractivity contribution in [1.82, 2.24) is 4.90 Å². The Kier molecular flexibility index (Phi) is 6.19. The van der Waals surface area contributed by atoms with Gasteiger partial charge in [-0.3, -0.25) is 14.9 Å². The number of likely N-dealkylation sites (N-methyl/N-ethyl adjacent to an activating group) is 1. The largest absolute Gasteiger partial charge is 0.363 e. The molecule has 0 N–H and O–H groups in total. The van der Waals surface area contributed by atoms with Gasteiger partial charge in [0.2, 0.25) is 0 Å². The van der Waals surface area contributed by atoms with Crippen LogP contribution in [0.4, 0.5) is 17.1 Å². The summed E-state index contributed by atoms with van der Waals surface area (Å²) in [5.41, 5.74) is 2.52. The molecule has 2 aromatic rings. The number of anilines is 2. The van der Waals surface area contributed by atoms with E-state index in [1.807, 2.05) is 11.9 Å². The molecule has 2 aliphatic heterocycles. The number of nitrogens with zero attached hydrogens (tertiary/aromatic N) is 5. The van der Waals surface area contributed by atoms with E-state index in [1.165, 1.54) is 11.1 Å². The van der Waals surface area contributed by atoms with Crippen molar-refractivity contribution in [3.05, 3.63) is 67.7 Å². The number of nitro groups is 1. The maximum Gasteiger partial charge on any atom is 0.293 e.